The third kappa shape index (κ3) is 2.07. The van der Waals surface area contributed by atoms with Gasteiger partial charge in [-0.05, 0) is 36.2 Å². The molecule has 1 fully saturated rings. The number of hydrogen-bond acceptors (Lipinski definition) is 3. The highest BCUT2D eigenvalue weighted by atomic mass is 32.2. The van der Waals surface area contributed by atoms with Crippen molar-refractivity contribution in [3.63, 3.8) is 0 Å². The van der Waals surface area contributed by atoms with Crippen molar-refractivity contribution >= 4 is 17.7 Å². The van der Waals surface area contributed by atoms with Crippen LogP contribution in [-0.4, -0.2) is 24.1 Å². The highest BCUT2D eigenvalue weighted by Crippen LogP contribution is 2.43. The summed E-state index contributed by atoms with van der Waals surface area (Å²) in [5, 5.41) is 0. The molecule has 1 saturated heterocycles. The molecule has 0 unspecified atom stereocenters. The Morgan fingerprint density at radius 3 is 3.00 bits per heavy atom. The van der Waals surface area contributed by atoms with Gasteiger partial charge in [-0.15, -0.1) is 0 Å². The minimum atomic E-state index is 0.00634. The second-order valence-electron chi connectivity index (χ2n) is 4.39. The molecule has 15 heavy (non-hydrogen) atoms. The molecule has 4 atom stereocenters. The number of ether oxygens (including phenoxy) is 1. The molecule has 0 aromatic carbocycles. The van der Waals surface area contributed by atoms with Gasteiger partial charge in [0.05, 0.1) is 12.5 Å². The minimum Gasteiger partial charge on any atom is -0.466 e. The third-order valence-corrected chi connectivity index (χ3v) is 4.66. The normalized spacial score (nSPS) is 38.8. The Bertz CT molecular complexity index is 275. The molecule has 84 valence electrons. The van der Waals surface area contributed by atoms with Crippen molar-refractivity contribution in [3.8, 4) is 0 Å². The van der Waals surface area contributed by atoms with Gasteiger partial charge in [0.15, 0.2) is 0 Å². The van der Waals surface area contributed by atoms with E-state index in [1.165, 1.54) is 5.75 Å². The largest absolute Gasteiger partial charge is 0.466 e. The Morgan fingerprint density at radius 2 is 2.27 bits per heavy atom. The molecule has 0 amide bonds. The van der Waals surface area contributed by atoms with Gasteiger partial charge in [0, 0.05) is 0 Å². The fourth-order valence-corrected chi connectivity index (χ4v) is 4.10. The number of carbonyl (C=O) groups excluding carboxylic acids is 1. The van der Waals surface area contributed by atoms with Crippen LogP contribution < -0.4 is 0 Å². The summed E-state index contributed by atoms with van der Waals surface area (Å²) < 4.78 is 5.18. The van der Waals surface area contributed by atoms with Crippen LogP contribution in [0, 0.1) is 23.7 Å². The molecule has 1 heterocycles. The van der Waals surface area contributed by atoms with Crippen molar-refractivity contribution in [2.75, 3.05) is 18.1 Å². The van der Waals surface area contributed by atoms with E-state index < -0.39 is 0 Å². The van der Waals surface area contributed by atoms with E-state index in [1.54, 1.807) is 0 Å². The van der Waals surface area contributed by atoms with Gasteiger partial charge in [0.1, 0.15) is 0 Å². The maximum absolute atomic E-state index is 11.9. The Labute approximate surface area is 95.5 Å². The number of hydrogen-bond donors (Lipinski definition) is 0. The summed E-state index contributed by atoms with van der Waals surface area (Å²) in [6, 6.07) is 0. The van der Waals surface area contributed by atoms with Gasteiger partial charge in [0.2, 0.25) is 0 Å². The number of fused-ring (bicyclic) bond motifs is 1. The van der Waals surface area contributed by atoms with E-state index in [4.69, 9.17) is 4.74 Å². The lowest BCUT2D eigenvalue weighted by Crippen LogP contribution is -2.36. The van der Waals surface area contributed by atoms with E-state index >= 15 is 0 Å². The summed E-state index contributed by atoms with van der Waals surface area (Å²) in [6.45, 7) is 4.50. The zero-order valence-corrected chi connectivity index (χ0v) is 10.1. The molecular formula is C12H18O2S. The molecule has 2 nitrogen and oxygen atoms in total. The van der Waals surface area contributed by atoms with E-state index in [-0.39, 0.29) is 11.9 Å². The van der Waals surface area contributed by atoms with Crippen molar-refractivity contribution in [2.45, 2.75) is 13.8 Å². The van der Waals surface area contributed by atoms with Gasteiger partial charge in [-0.2, -0.15) is 11.8 Å². The summed E-state index contributed by atoms with van der Waals surface area (Å²) in [6.07, 6.45) is 4.49. The molecule has 0 aromatic rings. The zero-order chi connectivity index (χ0) is 10.8. The van der Waals surface area contributed by atoms with E-state index in [2.05, 4.69) is 19.1 Å². The lowest BCUT2D eigenvalue weighted by Gasteiger charge is -2.32. The third-order valence-electron chi connectivity index (χ3n) is 3.42. The Morgan fingerprint density at radius 1 is 1.47 bits per heavy atom. The quantitative estimate of drug-likeness (QED) is 0.534. The van der Waals surface area contributed by atoms with Crippen LogP contribution in [0.1, 0.15) is 13.8 Å². The van der Waals surface area contributed by atoms with Gasteiger partial charge < -0.3 is 4.74 Å². The van der Waals surface area contributed by atoms with Crippen molar-refractivity contribution in [3.05, 3.63) is 12.2 Å². The van der Waals surface area contributed by atoms with Crippen LogP contribution in [0.25, 0.3) is 0 Å². The van der Waals surface area contributed by atoms with E-state index in [1.807, 2.05) is 18.7 Å². The molecule has 0 radical (unpaired) electrons. The molecule has 0 bridgehead atoms. The second-order valence-corrected chi connectivity index (χ2v) is 5.46. The van der Waals surface area contributed by atoms with Gasteiger partial charge in [0.25, 0.3) is 0 Å². The average molecular weight is 226 g/mol. The SMILES string of the molecule is CCOC(=O)[C@@H]1[C@@H]2CSC[C@@H]2C=C[C@@H]1C. The topological polar surface area (TPSA) is 26.3 Å². The Hall–Kier alpha value is -0.440. The molecule has 1 aliphatic carbocycles. The highest BCUT2D eigenvalue weighted by Gasteiger charge is 2.42. The van der Waals surface area contributed by atoms with Crippen molar-refractivity contribution in [2.24, 2.45) is 23.7 Å². The zero-order valence-electron chi connectivity index (χ0n) is 9.31. The minimum absolute atomic E-state index is 0.00634. The van der Waals surface area contributed by atoms with Crippen molar-refractivity contribution in [1.82, 2.24) is 0 Å². The standard InChI is InChI=1S/C12H18O2S/c1-3-14-12(13)11-8(2)4-5-9-6-15-7-10(9)11/h4-5,8-11H,3,6-7H2,1-2H3/t8-,9-,10+,11-/m0/s1. The van der Waals surface area contributed by atoms with Crippen molar-refractivity contribution < 1.29 is 9.53 Å². The second kappa shape index (κ2) is 4.60. The molecular weight excluding hydrogens is 208 g/mol. The number of rotatable bonds is 2. The number of esters is 1. The fraction of sp³-hybridized carbons (Fsp3) is 0.750. The van der Waals surface area contributed by atoms with E-state index in [9.17, 15) is 4.79 Å². The summed E-state index contributed by atoms with van der Waals surface area (Å²) in [5.74, 6) is 3.83. The molecule has 2 aliphatic rings. The molecule has 0 saturated carbocycles. The van der Waals surface area contributed by atoms with Crippen LogP contribution in [0.5, 0.6) is 0 Å². The lowest BCUT2D eigenvalue weighted by atomic mass is 9.73. The predicted octanol–water partition coefficient (Wildman–Crippen LogP) is 2.35. The van der Waals surface area contributed by atoms with Gasteiger partial charge in [-0.25, -0.2) is 0 Å². The maximum atomic E-state index is 11.9. The number of thioether (sulfide) groups is 1. The van der Waals surface area contributed by atoms with Crippen LogP contribution in [-0.2, 0) is 9.53 Å². The first-order valence-corrected chi connectivity index (χ1v) is 6.82. The predicted molar refractivity (Wildman–Crippen MR) is 62.7 cm³/mol. The highest BCUT2D eigenvalue weighted by molar-refractivity contribution is 7.99. The van der Waals surface area contributed by atoms with Crippen LogP contribution in [0.15, 0.2) is 12.2 Å². The van der Waals surface area contributed by atoms with E-state index in [0.29, 0.717) is 24.4 Å². The molecule has 0 spiro atoms. The Balaban J connectivity index is 2.14. The van der Waals surface area contributed by atoms with Gasteiger partial charge >= 0.3 is 5.97 Å². The molecule has 0 aromatic heterocycles. The van der Waals surface area contributed by atoms with Gasteiger partial charge in [-0.3, -0.25) is 4.79 Å². The first kappa shape index (κ1) is 11.1. The lowest BCUT2D eigenvalue weighted by molar-refractivity contribution is -0.151. The van der Waals surface area contributed by atoms with Crippen molar-refractivity contribution in [1.29, 1.82) is 0 Å². The summed E-state index contributed by atoms with van der Waals surface area (Å²) in [5.41, 5.74) is 0. The smallest absolute Gasteiger partial charge is 0.309 e. The first-order valence-electron chi connectivity index (χ1n) is 5.66. The van der Waals surface area contributed by atoms with Gasteiger partial charge in [-0.1, -0.05) is 19.1 Å². The Kier molecular flexibility index (Phi) is 3.39. The van der Waals surface area contributed by atoms with Crippen LogP contribution in [0.3, 0.4) is 0 Å². The fourth-order valence-electron chi connectivity index (χ4n) is 2.61. The molecule has 0 N–H and O–H groups in total. The van der Waals surface area contributed by atoms with Crippen LogP contribution >= 0.6 is 11.8 Å². The van der Waals surface area contributed by atoms with Crippen LogP contribution in [0.2, 0.25) is 0 Å². The molecule has 3 heteroatoms. The van der Waals surface area contributed by atoms with Crippen LogP contribution in [0.4, 0.5) is 0 Å². The molecule has 2 rings (SSSR count). The summed E-state index contributed by atoms with van der Waals surface area (Å²) in [4.78, 5) is 11.9. The summed E-state index contributed by atoms with van der Waals surface area (Å²) >= 11 is 1.96. The first-order chi connectivity index (χ1) is 7.24. The maximum Gasteiger partial charge on any atom is 0.309 e. The monoisotopic (exact) mass is 226 g/mol. The number of carbonyl (C=O) groups is 1. The van der Waals surface area contributed by atoms with E-state index in [0.717, 1.165) is 5.75 Å². The molecule has 1 aliphatic heterocycles. The number of allylic oxidation sites excluding steroid dienone is 2. The summed E-state index contributed by atoms with van der Waals surface area (Å²) in [7, 11) is 0. The average Bonchev–Trinajstić information content (AvgIpc) is 2.65.